The quantitative estimate of drug-likeness (QED) is 0.645. The minimum Gasteiger partial charge on any atom is -0.383 e. The van der Waals surface area contributed by atoms with Gasteiger partial charge in [-0.1, -0.05) is 6.07 Å². The van der Waals surface area contributed by atoms with Crippen LogP contribution in [-0.4, -0.2) is 42.7 Å². The Labute approximate surface area is 125 Å². The number of nitro groups is 1. The van der Waals surface area contributed by atoms with E-state index in [0.29, 0.717) is 11.8 Å². The molecule has 0 aromatic heterocycles. The van der Waals surface area contributed by atoms with E-state index in [1.165, 1.54) is 0 Å². The lowest BCUT2D eigenvalue weighted by Crippen LogP contribution is -2.36. The first-order chi connectivity index (χ1) is 10.1. The first-order valence-corrected chi connectivity index (χ1v) is 7.43. The van der Waals surface area contributed by atoms with Crippen molar-refractivity contribution in [3.8, 4) is 0 Å². The van der Waals surface area contributed by atoms with Crippen LogP contribution in [0.1, 0.15) is 25.3 Å². The van der Waals surface area contributed by atoms with Crippen molar-refractivity contribution >= 4 is 11.4 Å². The van der Waals surface area contributed by atoms with Crippen molar-refractivity contribution in [1.29, 1.82) is 0 Å². The number of hydrogen-bond donors (Lipinski definition) is 1. The molecule has 0 radical (unpaired) electrons. The molecule has 6 nitrogen and oxygen atoms in total. The number of hydrogen-bond acceptors (Lipinski definition) is 5. The Bertz CT molecular complexity index is 485. The van der Waals surface area contributed by atoms with Crippen LogP contribution in [0.25, 0.3) is 0 Å². The molecule has 1 heterocycles. The lowest BCUT2D eigenvalue weighted by Gasteiger charge is -2.31. The average molecular weight is 293 g/mol. The molecule has 0 spiro atoms. The third kappa shape index (κ3) is 4.15. The molecule has 0 unspecified atom stereocenters. The number of nitrogens with one attached hydrogen (secondary N) is 1. The zero-order valence-electron chi connectivity index (χ0n) is 12.7. The van der Waals surface area contributed by atoms with Gasteiger partial charge in [0.2, 0.25) is 0 Å². The molecule has 1 aromatic rings. The first-order valence-electron chi connectivity index (χ1n) is 7.43. The second-order valence-electron chi connectivity index (χ2n) is 5.29. The number of nitrogens with zero attached hydrogens (tertiary/aromatic N) is 2. The fourth-order valence-electron chi connectivity index (χ4n) is 2.77. The molecule has 1 saturated heterocycles. The van der Waals surface area contributed by atoms with Crippen LogP contribution in [0.3, 0.4) is 0 Å². The van der Waals surface area contributed by atoms with E-state index in [1.54, 1.807) is 19.2 Å². The lowest BCUT2D eigenvalue weighted by molar-refractivity contribution is -0.384. The molecule has 0 aliphatic carbocycles. The van der Waals surface area contributed by atoms with Gasteiger partial charge in [0.25, 0.3) is 5.69 Å². The van der Waals surface area contributed by atoms with Crippen molar-refractivity contribution in [1.82, 2.24) is 4.90 Å². The molecular formula is C15H23N3O3. The molecule has 1 aliphatic rings. The normalized spacial score (nSPS) is 16.9. The molecule has 1 fully saturated rings. The summed E-state index contributed by atoms with van der Waals surface area (Å²) in [4.78, 5) is 13.1. The average Bonchev–Trinajstić information content (AvgIpc) is 2.49. The number of nitro benzene ring substituents is 1. The highest BCUT2D eigenvalue weighted by atomic mass is 16.6. The minimum absolute atomic E-state index is 0.138. The van der Waals surface area contributed by atoms with E-state index in [-0.39, 0.29) is 10.6 Å². The molecule has 21 heavy (non-hydrogen) atoms. The SMILES string of the molecule is CCOC1CCN(Cc2ccc(NC)c([N+](=O)[O-])c2)CC1. The van der Waals surface area contributed by atoms with Gasteiger partial charge >= 0.3 is 0 Å². The van der Waals surface area contributed by atoms with Crippen LogP contribution < -0.4 is 5.32 Å². The summed E-state index contributed by atoms with van der Waals surface area (Å²) in [6.45, 7) is 5.50. The molecule has 1 aliphatic heterocycles. The lowest BCUT2D eigenvalue weighted by atomic mass is 10.1. The van der Waals surface area contributed by atoms with Gasteiger partial charge in [0.1, 0.15) is 5.69 Å². The third-order valence-corrected chi connectivity index (χ3v) is 3.87. The summed E-state index contributed by atoms with van der Waals surface area (Å²) in [7, 11) is 1.69. The number of piperidine rings is 1. The van der Waals surface area contributed by atoms with Crippen LogP contribution in [0.4, 0.5) is 11.4 Å². The molecule has 0 atom stereocenters. The second kappa shape index (κ2) is 7.38. The second-order valence-corrected chi connectivity index (χ2v) is 5.29. The Morgan fingerprint density at radius 2 is 2.14 bits per heavy atom. The Balaban J connectivity index is 1.97. The fraction of sp³-hybridized carbons (Fsp3) is 0.600. The van der Waals surface area contributed by atoms with Crippen LogP contribution in [0.15, 0.2) is 18.2 Å². The largest absolute Gasteiger partial charge is 0.383 e. The fourth-order valence-corrected chi connectivity index (χ4v) is 2.77. The Kier molecular flexibility index (Phi) is 5.52. The molecule has 2 rings (SSSR count). The predicted octanol–water partition coefficient (Wildman–Crippen LogP) is 2.64. The van der Waals surface area contributed by atoms with Crippen molar-refractivity contribution in [3.63, 3.8) is 0 Å². The summed E-state index contributed by atoms with van der Waals surface area (Å²) in [5.74, 6) is 0. The highest BCUT2D eigenvalue weighted by Gasteiger charge is 2.20. The molecular weight excluding hydrogens is 270 g/mol. The molecule has 116 valence electrons. The van der Waals surface area contributed by atoms with Crippen molar-refractivity contribution in [2.24, 2.45) is 0 Å². The van der Waals surface area contributed by atoms with E-state index in [2.05, 4.69) is 10.2 Å². The summed E-state index contributed by atoms with van der Waals surface area (Å²) >= 11 is 0. The summed E-state index contributed by atoms with van der Waals surface area (Å²) in [5, 5.41) is 13.9. The van der Waals surface area contributed by atoms with Gasteiger partial charge in [0, 0.05) is 39.4 Å². The highest BCUT2D eigenvalue weighted by Crippen LogP contribution is 2.26. The van der Waals surface area contributed by atoms with Gasteiger partial charge in [-0.25, -0.2) is 0 Å². The summed E-state index contributed by atoms with van der Waals surface area (Å²) in [6.07, 6.45) is 2.43. The topological polar surface area (TPSA) is 67.6 Å². The van der Waals surface area contributed by atoms with Crippen LogP contribution >= 0.6 is 0 Å². The maximum Gasteiger partial charge on any atom is 0.292 e. The Hall–Kier alpha value is -1.66. The van der Waals surface area contributed by atoms with E-state index in [9.17, 15) is 10.1 Å². The van der Waals surface area contributed by atoms with Crippen molar-refractivity contribution in [3.05, 3.63) is 33.9 Å². The van der Waals surface area contributed by atoms with E-state index in [1.807, 2.05) is 13.0 Å². The van der Waals surface area contributed by atoms with Gasteiger partial charge in [0.05, 0.1) is 11.0 Å². The minimum atomic E-state index is -0.337. The Morgan fingerprint density at radius 1 is 1.43 bits per heavy atom. The highest BCUT2D eigenvalue weighted by molar-refractivity contribution is 5.62. The number of rotatable bonds is 6. The van der Waals surface area contributed by atoms with E-state index >= 15 is 0 Å². The number of anilines is 1. The van der Waals surface area contributed by atoms with Gasteiger partial charge in [0.15, 0.2) is 0 Å². The van der Waals surface area contributed by atoms with Crippen LogP contribution in [0.5, 0.6) is 0 Å². The maximum absolute atomic E-state index is 11.1. The van der Waals surface area contributed by atoms with Gasteiger partial charge < -0.3 is 10.1 Å². The summed E-state index contributed by atoms with van der Waals surface area (Å²) < 4.78 is 5.64. The summed E-state index contributed by atoms with van der Waals surface area (Å²) in [5.41, 5.74) is 1.67. The molecule has 1 aromatic carbocycles. The van der Waals surface area contributed by atoms with E-state index in [4.69, 9.17) is 4.74 Å². The third-order valence-electron chi connectivity index (χ3n) is 3.87. The number of likely N-dealkylation sites (tertiary alicyclic amines) is 1. The number of benzene rings is 1. The molecule has 0 amide bonds. The molecule has 6 heteroatoms. The van der Waals surface area contributed by atoms with Crippen LogP contribution in [0.2, 0.25) is 0 Å². The monoisotopic (exact) mass is 293 g/mol. The smallest absolute Gasteiger partial charge is 0.292 e. The summed E-state index contributed by atoms with van der Waals surface area (Å²) in [6, 6.07) is 5.40. The predicted molar refractivity (Wildman–Crippen MR) is 82.6 cm³/mol. The molecule has 0 bridgehead atoms. The first kappa shape index (κ1) is 15.7. The zero-order chi connectivity index (χ0) is 15.2. The molecule has 0 saturated carbocycles. The standard InChI is InChI=1S/C15H23N3O3/c1-3-21-13-6-8-17(9-7-13)11-12-4-5-14(16-2)15(10-12)18(19)20/h4-5,10,13,16H,3,6-9,11H2,1-2H3. The van der Waals surface area contributed by atoms with Crippen molar-refractivity contribution < 1.29 is 9.66 Å². The van der Waals surface area contributed by atoms with Crippen LogP contribution in [-0.2, 0) is 11.3 Å². The maximum atomic E-state index is 11.1. The zero-order valence-corrected chi connectivity index (χ0v) is 12.7. The van der Waals surface area contributed by atoms with Crippen molar-refractivity contribution in [2.45, 2.75) is 32.4 Å². The Morgan fingerprint density at radius 3 is 2.71 bits per heavy atom. The van der Waals surface area contributed by atoms with E-state index < -0.39 is 0 Å². The van der Waals surface area contributed by atoms with Gasteiger partial charge in [-0.05, 0) is 31.4 Å². The van der Waals surface area contributed by atoms with E-state index in [0.717, 1.165) is 44.6 Å². The van der Waals surface area contributed by atoms with Crippen molar-refractivity contribution in [2.75, 3.05) is 32.1 Å². The van der Waals surface area contributed by atoms with Gasteiger partial charge in [-0.15, -0.1) is 0 Å². The van der Waals surface area contributed by atoms with Gasteiger partial charge in [-0.2, -0.15) is 0 Å². The number of ether oxygens (including phenoxy) is 1. The van der Waals surface area contributed by atoms with Gasteiger partial charge in [-0.3, -0.25) is 15.0 Å². The van der Waals surface area contributed by atoms with Crippen LogP contribution in [0, 0.1) is 10.1 Å². The molecule has 1 N–H and O–H groups in total.